The smallest absolute Gasteiger partial charge is 0.347 e. The van der Waals surface area contributed by atoms with Gasteiger partial charge in [-0.3, -0.25) is 14.4 Å². The lowest BCUT2D eigenvalue weighted by molar-refractivity contribution is -0.174. The Morgan fingerprint density at radius 2 is 0.740 bits per heavy atom. The molecule has 0 aliphatic carbocycles. The van der Waals surface area contributed by atoms with Gasteiger partial charge in [0.15, 0.2) is 42.9 Å². The number of carbonyl (C=O) groups is 9. The molecular formula is C73H140O23. The molecule has 570 valence electrons. The average molecular weight is 1390 g/mol. The normalized spacial score (nSPS) is 15.1. The van der Waals surface area contributed by atoms with Crippen LogP contribution in [-0.4, -0.2) is 183 Å². The van der Waals surface area contributed by atoms with Gasteiger partial charge in [-0.05, 0) is 134 Å². The predicted octanol–water partition coefficient (Wildman–Crippen LogP) is 13.5. The van der Waals surface area contributed by atoms with Crippen molar-refractivity contribution in [2.24, 2.45) is 44.3 Å². The topological polar surface area (TPSA) is 283 Å². The maximum absolute atomic E-state index is 11.8. The number of hydrogen-bond acceptors (Lipinski definition) is 23. The van der Waals surface area contributed by atoms with Crippen LogP contribution in [0.15, 0.2) is 0 Å². The van der Waals surface area contributed by atoms with Gasteiger partial charge in [-0.2, -0.15) is 0 Å². The highest BCUT2D eigenvalue weighted by atomic mass is 16.6. The minimum absolute atomic E-state index is 0.0790. The second kappa shape index (κ2) is 52.2. The zero-order valence-electron chi connectivity index (χ0n) is 66.7. The first-order valence-corrected chi connectivity index (χ1v) is 33.7. The molecular weight excluding hydrogens is 1240 g/mol. The van der Waals surface area contributed by atoms with Crippen molar-refractivity contribution in [3.63, 3.8) is 0 Å². The second-order valence-electron chi connectivity index (χ2n) is 31.1. The van der Waals surface area contributed by atoms with Crippen molar-refractivity contribution >= 4 is 53.5 Å². The first-order valence-electron chi connectivity index (χ1n) is 33.7. The van der Waals surface area contributed by atoms with Gasteiger partial charge in [0.05, 0.1) is 62.7 Å². The molecule has 23 nitrogen and oxygen atoms in total. The standard InChI is InChI=1S/C14H24O5.C14H26O4.C13H24O5.C12H22O5.C11H24O2.C9H20O2/c1-8(14(5,6)7)12(16)19-11(4)13(17)18-10(3)9(2)15;1-8-9(2)17-13(16)11(4)18-12(15)10(3)14(5,6)7;1-9(7-13(3,4)5)17-12(15)10(2)18-11(14)8-16-6;1-9(15-5)11(14)17-8-10(13)16-7-6-12(2,3)4;1-9(7-11(3,4)5)13-8-10(2)12-6;1-9(2,3)5-6-11-8-7-10-4/h8,10-11H,1-7H3;9-11H,8H2,1-7H3;9-10H,7-8H2,1-6H3;9H,6-8H2,1-5H3;9-10H,7-8H2,1-6H3;5-8H2,1-4H3. The summed E-state index contributed by atoms with van der Waals surface area (Å²) >= 11 is 0. The zero-order chi connectivity index (χ0) is 76.9. The van der Waals surface area contributed by atoms with E-state index in [0.717, 1.165) is 38.7 Å². The van der Waals surface area contributed by atoms with Crippen LogP contribution >= 0.6 is 0 Å². The Labute approximate surface area is 581 Å². The molecule has 0 amide bonds. The monoisotopic (exact) mass is 1380 g/mol. The molecule has 0 aliphatic rings. The van der Waals surface area contributed by atoms with Gasteiger partial charge in [-0.1, -0.05) is 145 Å². The number of methoxy groups -OCH3 is 4. The summed E-state index contributed by atoms with van der Waals surface area (Å²) in [6.07, 6.45) is 0.333. The average Bonchev–Trinajstić information content (AvgIpc) is 0.888. The van der Waals surface area contributed by atoms with E-state index in [4.69, 9.17) is 61.6 Å². The number of Topliss-reactive ketones (excluding diaryl/α,β-unsaturated/α-hetero) is 1. The van der Waals surface area contributed by atoms with Crippen molar-refractivity contribution < 1.29 is 109 Å². The molecule has 0 aromatic carbocycles. The molecule has 0 radical (unpaired) electrons. The van der Waals surface area contributed by atoms with E-state index in [9.17, 15) is 43.2 Å². The summed E-state index contributed by atoms with van der Waals surface area (Å²) in [5.41, 5.74) is 0.491. The van der Waals surface area contributed by atoms with Crippen LogP contribution in [0.3, 0.4) is 0 Å². The highest BCUT2D eigenvalue weighted by Crippen LogP contribution is 2.29. The Bertz CT molecular complexity index is 2130. The molecule has 0 N–H and O–H groups in total. The summed E-state index contributed by atoms with van der Waals surface area (Å²) in [6.45, 7) is 62.1. The van der Waals surface area contributed by atoms with Crippen LogP contribution in [0.1, 0.15) is 247 Å². The highest BCUT2D eigenvalue weighted by Gasteiger charge is 2.33. The van der Waals surface area contributed by atoms with Crippen molar-refractivity contribution in [2.75, 3.05) is 74.7 Å². The summed E-state index contributed by atoms with van der Waals surface area (Å²) < 4.78 is 70.1. The SMILES string of the molecule is CC(=O)C(C)OC(=O)C(C)OC(=O)C(C)C(C)(C)C.CCC(C)OC(=O)C(C)OC(=O)C(C)C(C)(C)C.COC(C)C(=O)OCC(=O)OCCC(C)(C)C.COC(C)COC(C)CC(C)(C)C.COCC(=O)OC(C)C(=O)OC(C)CC(C)(C)C.COCCOCCC(C)(C)C. The van der Waals surface area contributed by atoms with Crippen LogP contribution in [0.2, 0.25) is 0 Å². The van der Waals surface area contributed by atoms with Gasteiger partial charge >= 0.3 is 47.8 Å². The molecule has 0 saturated heterocycles. The van der Waals surface area contributed by atoms with E-state index in [2.05, 4.69) is 94.7 Å². The van der Waals surface area contributed by atoms with Gasteiger partial charge in [0, 0.05) is 35.0 Å². The minimum atomic E-state index is -1.01. The first-order chi connectivity index (χ1) is 43.4. The summed E-state index contributed by atoms with van der Waals surface area (Å²) in [6, 6.07) is 0. The minimum Gasteiger partial charge on any atom is -0.463 e. The van der Waals surface area contributed by atoms with E-state index in [1.165, 1.54) is 48.8 Å². The van der Waals surface area contributed by atoms with Crippen LogP contribution in [0.4, 0.5) is 0 Å². The zero-order valence-corrected chi connectivity index (χ0v) is 66.7. The molecule has 0 heterocycles. The lowest BCUT2D eigenvalue weighted by Gasteiger charge is -2.26. The maximum Gasteiger partial charge on any atom is 0.347 e. The maximum atomic E-state index is 11.8. The van der Waals surface area contributed by atoms with Crippen molar-refractivity contribution in [3.8, 4) is 0 Å². The Hall–Kier alpha value is -4.81. The molecule has 0 fully saturated rings. The molecule has 96 heavy (non-hydrogen) atoms. The molecule has 0 rings (SSSR count). The van der Waals surface area contributed by atoms with Gasteiger partial charge in [0.1, 0.15) is 6.61 Å². The molecule has 23 heteroatoms. The van der Waals surface area contributed by atoms with Crippen LogP contribution < -0.4 is 0 Å². The van der Waals surface area contributed by atoms with E-state index < -0.39 is 72.3 Å². The Kier molecular flexibility index (Phi) is 55.6. The number of ketones is 1. The third kappa shape index (κ3) is 65.1. The van der Waals surface area contributed by atoms with Gasteiger partial charge < -0.3 is 66.3 Å². The summed E-state index contributed by atoms with van der Waals surface area (Å²) in [7, 11) is 6.18. The summed E-state index contributed by atoms with van der Waals surface area (Å²) in [5.74, 6) is -5.09. The lowest BCUT2D eigenvalue weighted by Crippen LogP contribution is -2.35. The summed E-state index contributed by atoms with van der Waals surface area (Å²) in [5, 5.41) is 0. The molecule has 0 spiro atoms. The van der Waals surface area contributed by atoms with E-state index in [-0.39, 0.29) is 76.8 Å². The Balaban J connectivity index is -0.000000255. The Morgan fingerprint density at radius 1 is 0.344 bits per heavy atom. The molecule has 0 aromatic rings. The van der Waals surface area contributed by atoms with Gasteiger partial charge in [-0.15, -0.1) is 0 Å². The molecule has 0 saturated carbocycles. The molecule has 0 bridgehead atoms. The number of ether oxygens (including phenoxy) is 14. The third-order valence-corrected chi connectivity index (χ3v) is 13.9. The van der Waals surface area contributed by atoms with Crippen LogP contribution in [0, 0.1) is 44.3 Å². The van der Waals surface area contributed by atoms with Gasteiger partial charge in [0.25, 0.3) is 0 Å². The fourth-order valence-electron chi connectivity index (χ4n) is 6.45. The molecule has 0 aromatic heterocycles. The van der Waals surface area contributed by atoms with E-state index in [1.807, 2.05) is 69.2 Å². The number of rotatable bonds is 32. The van der Waals surface area contributed by atoms with Gasteiger partial charge in [-0.25, -0.2) is 28.8 Å². The van der Waals surface area contributed by atoms with Crippen molar-refractivity contribution in [2.45, 2.75) is 302 Å². The first kappa shape index (κ1) is 102. The lowest BCUT2D eigenvalue weighted by atomic mass is 9.82. The van der Waals surface area contributed by atoms with E-state index in [1.54, 1.807) is 35.0 Å². The fraction of sp³-hybridized carbons (Fsp3) is 0.877. The number of esters is 8. The number of carbonyl (C=O) groups excluding carboxylic acids is 9. The van der Waals surface area contributed by atoms with E-state index in [0.29, 0.717) is 43.4 Å². The van der Waals surface area contributed by atoms with Crippen molar-refractivity contribution in [1.82, 2.24) is 0 Å². The van der Waals surface area contributed by atoms with Crippen LogP contribution in [0.5, 0.6) is 0 Å². The molecule has 11 atom stereocenters. The predicted molar refractivity (Wildman–Crippen MR) is 373 cm³/mol. The third-order valence-electron chi connectivity index (χ3n) is 13.9. The van der Waals surface area contributed by atoms with E-state index >= 15 is 0 Å². The van der Waals surface area contributed by atoms with Crippen molar-refractivity contribution in [1.29, 1.82) is 0 Å². The molecule has 0 aliphatic heterocycles. The number of hydrogen-bond donors (Lipinski definition) is 0. The Morgan fingerprint density at radius 3 is 1.10 bits per heavy atom. The second-order valence-corrected chi connectivity index (χ2v) is 31.1. The van der Waals surface area contributed by atoms with Gasteiger partial charge in [0.2, 0.25) is 0 Å². The largest absolute Gasteiger partial charge is 0.463 e. The van der Waals surface area contributed by atoms with Crippen LogP contribution in [0.25, 0.3) is 0 Å². The quantitative estimate of drug-likeness (QED) is 0.0343. The highest BCUT2D eigenvalue weighted by molar-refractivity contribution is 5.85. The summed E-state index contributed by atoms with van der Waals surface area (Å²) in [4.78, 5) is 103. The fourth-order valence-corrected chi connectivity index (χ4v) is 6.45. The van der Waals surface area contributed by atoms with Crippen LogP contribution in [-0.2, 0) is 109 Å². The molecule has 11 unspecified atom stereocenters. The van der Waals surface area contributed by atoms with Crippen molar-refractivity contribution in [3.05, 3.63) is 0 Å².